The van der Waals surface area contributed by atoms with Crippen molar-refractivity contribution in [3.8, 4) is 0 Å². The van der Waals surface area contributed by atoms with Crippen molar-refractivity contribution < 1.29 is 23.1 Å². The number of carbonyl (C=O) groups is 2. The second-order valence-electron chi connectivity index (χ2n) is 5.05. The third-order valence-corrected chi connectivity index (χ3v) is 3.16. The zero-order valence-electron chi connectivity index (χ0n) is 12.1. The Kier molecular flexibility index (Phi) is 5.26. The molecule has 2 amide bonds. The van der Waals surface area contributed by atoms with Crippen LogP contribution >= 0.6 is 0 Å². The Hall–Kier alpha value is -2.22. The molecule has 0 aromatic heterocycles. The van der Waals surface area contributed by atoms with Gasteiger partial charge in [0.15, 0.2) is 0 Å². The van der Waals surface area contributed by atoms with Gasteiger partial charge in [-0.15, -0.1) is 0 Å². The van der Waals surface area contributed by atoms with Gasteiger partial charge in [-0.05, 0) is 19.2 Å². The van der Waals surface area contributed by atoms with Crippen molar-refractivity contribution in [3.63, 3.8) is 0 Å². The number of hydrogen-bond donors (Lipinski definition) is 1. The Bertz CT molecular complexity index is 548. The molecule has 1 aromatic carbocycles. The molecule has 1 aromatic rings. The van der Waals surface area contributed by atoms with E-state index in [1.165, 1.54) is 0 Å². The number of nitrogens with one attached hydrogen (secondary N) is 1. The molecule has 120 valence electrons. The van der Waals surface area contributed by atoms with Gasteiger partial charge in [-0.25, -0.2) is 13.6 Å². The van der Waals surface area contributed by atoms with Gasteiger partial charge in [-0.2, -0.15) is 0 Å². The summed E-state index contributed by atoms with van der Waals surface area (Å²) in [6.45, 7) is 1.91. The lowest BCUT2D eigenvalue weighted by Gasteiger charge is -2.19. The van der Waals surface area contributed by atoms with Crippen LogP contribution in [0.2, 0.25) is 0 Å². The van der Waals surface area contributed by atoms with Gasteiger partial charge in [0.25, 0.3) is 0 Å². The zero-order valence-corrected chi connectivity index (χ0v) is 12.1. The minimum absolute atomic E-state index is 0.0427. The molecule has 6 nitrogen and oxygen atoms in total. The fourth-order valence-corrected chi connectivity index (χ4v) is 2.07. The van der Waals surface area contributed by atoms with Crippen molar-refractivity contribution in [1.29, 1.82) is 0 Å². The lowest BCUT2D eigenvalue weighted by atomic mass is 10.3. The summed E-state index contributed by atoms with van der Waals surface area (Å²) in [5, 5.41) is 2.43. The fraction of sp³-hybridized carbons (Fsp3) is 0.429. The predicted molar refractivity (Wildman–Crippen MR) is 75.4 cm³/mol. The van der Waals surface area contributed by atoms with Gasteiger partial charge in [0.1, 0.15) is 18.2 Å². The van der Waals surface area contributed by atoms with Gasteiger partial charge in [-0.1, -0.05) is 0 Å². The van der Waals surface area contributed by atoms with E-state index in [1.807, 2.05) is 0 Å². The van der Waals surface area contributed by atoms with E-state index in [9.17, 15) is 18.4 Å². The third kappa shape index (κ3) is 4.66. The van der Waals surface area contributed by atoms with Crippen LogP contribution in [0, 0.1) is 11.6 Å². The van der Waals surface area contributed by atoms with Gasteiger partial charge in [0.2, 0.25) is 5.91 Å². The van der Waals surface area contributed by atoms with Crippen molar-refractivity contribution in [2.24, 2.45) is 0 Å². The van der Waals surface area contributed by atoms with E-state index < -0.39 is 17.5 Å². The van der Waals surface area contributed by atoms with Gasteiger partial charge < -0.3 is 15.0 Å². The Balaban J connectivity index is 1.77. The van der Waals surface area contributed by atoms with E-state index in [0.717, 1.165) is 18.2 Å². The molecule has 2 rings (SSSR count). The number of halogens is 2. The summed E-state index contributed by atoms with van der Waals surface area (Å²) in [6.07, 6.45) is -0.354. The van der Waals surface area contributed by atoms with Crippen molar-refractivity contribution in [2.45, 2.75) is 0 Å². The van der Waals surface area contributed by atoms with Crippen molar-refractivity contribution in [1.82, 2.24) is 9.80 Å². The SMILES string of the molecule is CN(CCN1CCOC1=O)CC(=O)Nc1cc(F)cc(F)c1. The minimum atomic E-state index is -0.754. The molecule has 0 atom stereocenters. The van der Waals surface area contributed by atoms with Gasteiger partial charge >= 0.3 is 6.09 Å². The lowest BCUT2D eigenvalue weighted by molar-refractivity contribution is -0.117. The largest absolute Gasteiger partial charge is 0.448 e. The molecule has 0 bridgehead atoms. The van der Waals surface area contributed by atoms with Crippen LogP contribution in [0.5, 0.6) is 0 Å². The molecular weight excluding hydrogens is 296 g/mol. The summed E-state index contributed by atoms with van der Waals surface area (Å²) in [6, 6.07) is 2.82. The maximum Gasteiger partial charge on any atom is 0.409 e. The van der Waals surface area contributed by atoms with E-state index in [-0.39, 0.29) is 18.3 Å². The molecule has 0 aliphatic carbocycles. The van der Waals surface area contributed by atoms with Crippen molar-refractivity contribution in [2.75, 3.05) is 45.2 Å². The first-order chi connectivity index (χ1) is 10.4. The number of carbonyl (C=O) groups excluding carboxylic acids is 2. The maximum atomic E-state index is 13.0. The molecule has 0 spiro atoms. The number of nitrogens with zero attached hydrogens (tertiary/aromatic N) is 2. The van der Waals surface area contributed by atoms with Crippen molar-refractivity contribution >= 4 is 17.7 Å². The highest BCUT2D eigenvalue weighted by Crippen LogP contribution is 2.12. The van der Waals surface area contributed by atoms with Crippen LogP contribution < -0.4 is 5.32 Å². The van der Waals surface area contributed by atoms with Crippen LogP contribution in [0.3, 0.4) is 0 Å². The van der Waals surface area contributed by atoms with E-state index in [4.69, 9.17) is 4.74 Å². The number of cyclic esters (lactones) is 1. The molecule has 1 heterocycles. The number of benzene rings is 1. The monoisotopic (exact) mass is 313 g/mol. The van der Waals surface area contributed by atoms with Crippen LogP contribution in [0.15, 0.2) is 18.2 Å². The molecule has 22 heavy (non-hydrogen) atoms. The second-order valence-corrected chi connectivity index (χ2v) is 5.05. The number of rotatable bonds is 6. The highest BCUT2D eigenvalue weighted by atomic mass is 19.1. The summed E-state index contributed by atoms with van der Waals surface area (Å²) in [5.74, 6) is -1.90. The third-order valence-electron chi connectivity index (χ3n) is 3.16. The smallest absolute Gasteiger partial charge is 0.409 e. The van der Waals surface area contributed by atoms with E-state index in [2.05, 4.69) is 5.32 Å². The Labute approximate surface area is 126 Å². The first kappa shape index (κ1) is 16.2. The topological polar surface area (TPSA) is 61.9 Å². The average Bonchev–Trinajstić information content (AvgIpc) is 2.80. The van der Waals surface area contributed by atoms with E-state index in [0.29, 0.717) is 26.2 Å². The number of anilines is 1. The van der Waals surface area contributed by atoms with E-state index >= 15 is 0 Å². The number of hydrogen-bond acceptors (Lipinski definition) is 4. The Morgan fingerprint density at radius 1 is 1.36 bits per heavy atom. The van der Waals surface area contributed by atoms with Gasteiger partial charge in [-0.3, -0.25) is 9.69 Å². The lowest BCUT2D eigenvalue weighted by Crippen LogP contribution is -2.37. The fourth-order valence-electron chi connectivity index (χ4n) is 2.07. The van der Waals surface area contributed by atoms with Gasteiger partial charge in [0.05, 0.1) is 13.1 Å². The molecular formula is C14H17F2N3O3. The first-order valence-corrected chi connectivity index (χ1v) is 6.80. The number of amides is 2. The molecule has 1 aliphatic rings. The molecule has 1 aliphatic heterocycles. The molecule has 8 heteroatoms. The molecule has 0 unspecified atom stereocenters. The quantitative estimate of drug-likeness (QED) is 0.859. The Morgan fingerprint density at radius 3 is 2.64 bits per heavy atom. The summed E-state index contributed by atoms with van der Waals surface area (Å²) < 4.78 is 30.8. The molecule has 1 N–H and O–H groups in total. The van der Waals surface area contributed by atoms with Gasteiger partial charge in [0, 0.05) is 24.8 Å². The highest BCUT2D eigenvalue weighted by molar-refractivity contribution is 5.92. The van der Waals surface area contributed by atoms with Crippen LogP contribution in [0.4, 0.5) is 19.3 Å². The second kappa shape index (κ2) is 7.17. The summed E-state index contributed by atoms with van der Waals surface area (Å²) >= 11 is 0. The van der Waals surface area contributed by atoms with E-state index in [1.54, 1.807) is 16.8 Å². The standard InChI is InChI=1S/C14H17F2N3O3/c1-18(2-3-19-4-5-22-14(19)21)9-13(20)17-12-7-10(15)6-11(16)8-12/h6-8H,2-5,9H2,1H3,(H,17,20). The minimum Gasteiger partial charge on any atom is -0.448 e. The van der Waals surface area contributed by atoms with Crippen LogP contribution in [-0.2, 0) is 9.53 Å². The maximum absolute atomic E-state index is 13.0. The molecule has 1 saturated heterocycles. The normalized spacial score (nSPS) is 14.4. The molecule has 1 fully saturated rings. The van der Waals surface area contributed by atoms with Crippen molar-refractivity contribution in [3.05, 3.63) is 29.8 Å². The molecule has 0 radical (unpaired) electrons. The average molecular weight is 313 g/mol. The molecule has 0 saturated carbocycles. The highest BCUT2D eigenvalue weighted by Gasteiger charge is 2.21. The predicted octanol–water partition coefficient (Wildman–Crippen LogP) is 1.29. The summed E-state index contributed by atoms with van der Waals surface area (Å²) in [7, 11) is 1.72. The summed E-state index contributed by atoms with van der Waals surface area (Å²) in [5.41, 5.74) is 0.0685. The van der Waals surface area contributed by atoms with Crippen LogP contribution in [0.1, 0.15) is 0 Å². The van der Waals surface area contributed by atoms with Crippen LogP contribution in [0.25, 0.3) is 0 Å². The van der Waals surface area contributed by atoms with Crippen LogP contribution in [-0.4, -0.2) is 61.6 Å². The number of ether oxygens (including phenoxy) is 1. The Morgan fingerprint density at radius 2 is 2.05 bits per heavy atom. The zero-order chi connectivity index (χ0) is 16.1. The summed E-state index contributed by atoms with van der Waals surface area (Å²) in [4.78, 5) is 26.3. The first-order valence-electron chi connectivity index (χ1n) is 6.80. The number of likely N-dealkylation sites (N-methyl/N-ethyl adjacent to an activating group) is 1.